The Balaban J connectivity index is 0.00000144. The van der Waals surface area contributed by atoms with E-state index in [9.17, 15) is 5.11 Å². The number of alkyl halides is 1. The highest BCUT2D eigenvalue weighted by Crippen LogP contribution is 2.26. The van der Waals surface area contributed by atoms with E-state index in [2.05, 4.69) is 27.5 Å². The van der Waals surface area contributed by atoms with E-state index in [1.165, 1.54) is 0 Å². The van der Waals surface area contributed by atoms with Crippen LogP contribution in [0, 0.1) is 6.92 Å². The van der Waals surface area contributed by atoms with Crippen molar-refractivity contribution in [1.29, 1.82) is 0 Å². The number of aryl methyl sites for hydroxylation is 1. The van der Waals surface area contributed by atoms with Gasteiger partial charge in [0.1, 0.15) is 5.75 Å². The van der Waals surface area contributed by atoms with Gasteiger partial charge < -0.3 is 5.11 Å². The lowest BCUT2D eigenvalue weighted by Crippen LogP contribution is -1.91. The molecule has 0 spiro atoms. The van der Waals surface area contributed by atoms with Gasteiger partial charge in [0.05, 0.1) is 5.69 Å². The molecule has 0 aliphatic rings. The number of nitrogens with zero attached hydrogens (tertiary/aromatic N) is 1. The van der Waals surface area contributed by atoms with Crippen molar-refractivity contribution in [3.8, 4) is 5.75 Å². The molecule has 1 rings (SSSR count). The molecule has 2 nitrogen and oxygen atoms in total. The molecule has 0 aliphatic carbocycles. The molecule has 0 saturated heterocycles. The van der Waals surface area contributed by atoms with E-state index in [4.69, 9.17) is 0 Å². The van der Waals surface area contributed by atoms with Gasteiger partial charge in [0.2, 0.25) is 0 Å². The minimum Gasteiger partial charge on any atom is -0.506 e. The maximum atomic E-state index is 9.57. The second-order valence-electron chi connectivity index (χ2n) is 2.46. The van der Waals surface area contributed by atoms with Gasteiger partial charge in [-0.05, 0) is 12.5 Å². The number of aromatic nitrogens is 1. The molecule has 0 amide bonds. The molecular formula is C9H11Br2NO. The Morgan fingerprint density at radius 1 is 1.69 bits per heavy atom. The molecule has 0 saturated carbocycles. The van der Waals surface area contributed by atoms with Crippen LogP contribution in [0.2, 0.25) is 0 Å². The summed E-state index contributed by atoms with van der Waals surface area (Å²) in [5.41, 5.74) is 2.36. The Hall–Kier alpha value is -0.350. The highest BCUT2D eigenvalue weighted by molar-refractivity contribution is 9.08. The third-order valence-corrected chi connectivity index (χ3v) is 2.29. The van der Waals surface area contributed by atoms with Crippen molar-refractivity contribution in [2.24, 2.45) is 0 Å². The van der Waals surface area contributed by atoms with Gasteiger partial charge in [0.25, 0.3) is 0 Å². The molecule has 0 radical (unpaired) electrons. The fraction of sp³-hybridized carbons (Fsp3) is 0.222. The highest BCUT2D eigenvalue weighted by Gasteiger charge is 2.07. The van der Waals surface area contributed by atoms with Crippen LogP contribution in [0.4, 0.5) is 0 Å². The van der Waals surface area contributed by atoms with E-state index in [1.807, 2.05) is 0 Å². The molecule has 0 bridgehead atoms. The zero-order chi connectivity index (χ0) is 9.14. The van der Waals surface area contributed by atoms with E-state index in [-0.39, 0.29) is 22.7 Å². The van der Waals surface area contributed by atoms with Crippen LogP contribution < -0.4 is 0 Å². The van der Waals surface area contributed by atoms with Gasteiger partial charge in [-0.25, -0.2) is 0 Å². The average molecular weight is 309 g/mol. The summed E-state index contributed by atoms with van der Waals surface area (Å²) in [7, 11) is 0. The van der Waals surface area contributed by atoms with E-state index >= 15 is 0 Å². The zero-order valence-corrected chi connectivity index (χ0v) is 10.5. The van der Waals surface area contributed by atoms with Crippen molar-refractivity contribution in [1.82, 2.24) is 4.98 Å². The maximum absolute atomic E-state index is 9.57. The summed E-state index contributed by atoms with van der Waals surface area (Å²) in [5.74, 6) is 0.254. The van der Waals surface area contributed by atoms with E-state index in [1.54, 1.807) is 19.2 Å². The lowest BCUT2D eigenvalue weighted by molar-refractivity contribution is 0.463. The molecule has 1 heterocycles. The lowest BCUT2D eigenvalue weighted by atomic mass is 10.1. The van der Waals surface area contributed by atoms with Gasteiger partial charge >= 0.3 is 0 Å². The van der Waals surface area contributed by atoms with Crippen LogP contribution in [-0.4, -0.2) is 10.1 Å². The number of hydrogen-bond donors (Lipinski definition) is 1. The first-order chi connectivity index (χ1) is 5.70. The van der Waals surface area contributed by atoms with Gasteiger partial charge in [-0.2, -0.15) is 0 Å². The first-order valence-corrected chi connectivity index (χ1v) is 4.68. The van der Waals surface area contributed by atoms with Crippen LogP contribution in [0.15, 0.2) is 12.8 Å². The number of hydrogen-bond acceptors (Lipinski definition) is 2. The molecule has 4 heteroatoms. The normalized spacial score (nSPS) is 9.08. The summed E-state index contributed by atoms with van der Waals surface area (Å²) in [6, 6.07) is 0. The third kappa shape index (κ3) is 2.54. The number of pyridine rings is 1. The van der Waals surface area contributed by atoms with Gasteiger partial charge in [0, 0.05) is 17.1 Å². The highest BCUT2D eigenvalue weighted by atomic mass is 79.9. The fourth-order valence-electron chi connectivity index (χ4n) is 0.977. The average Bonchev–Trinajstić information content (AvgIpc) is 2.09. The maximum Gasteiger partial charge on any atom is 0.141 e. The molecule has 0 atom stereocenters. The first-order valence-electron chi connectivity index (χ1n) is 3.56. The van der Waals surface area contributed by atoms with Crippen molar-refractivity contribution in [2.45, 2.75) is 12.3 Å². The van der Waals surface area contributed by atoms with Crippen LogP contribution in [0.25, 0.3) is 6.08 Å². The van der Waals surface area contributed by atoms with Crippen LogP contribution in [-0.2, 0) is 5.33 Å². The topological polar surface area (TPSA) is 33.1 Å². The first kappa shape index (κ1) is 12.7. The molecule has 0 unspecified atom stereocenters. The second kappa shape index (κ2) is 5.40. The molecule has 72 valence electrons. The van der Waals surface area contributed by atoms with Gasteiger partial charge in [-0.3, -0.25) is 4.98 Å². The van der Waals surface area contributed by atoms with Gasteiger partial charge in [-0.1, -0.05) is 28.6 Å². The number of aromatic hydroxyl groups is 1. The minimum absolute atomic E-state index is 0. The van der Waals surface area contributed by atoms with Gasteiger partial charge in [-0.15, -0.1) is 17.0 Å². The fourth-order valence-corrected chi connectivity index (χ4v) is 1.57. The van der Waals surface area contributed by atoms with Crippen molar-refractivity contribution in [3.05, 3.63) is 29.6 Å². The Morgan fingerprint density at radius 3 is 2.77 bits per heavy atom. The zero-order valence-electron chi connectivity index (χ0n) is 7.25. The summed E-state index contributed by atoms with van der Waals surface area (Å²) >= 11 is 3.30. The number of halogens is 2. The summed E-state index contributed by atoms with van der Waals surface area (Å²) in [6.45, 7) is 5.41. The largest absolute Gasteiger partial charge is 0.506 e. The van der Waals surface area contributed by atoms with Gasteiger partial charge in [0.15, 0.2) is 0 Å². The smallest absolute Gasteiger partial charge is 0.141 e. The third-order valence-electron chi connectivity index (χ3n) is 1.73. The lowest BCUT2D eigenvalue weighted by Gasteiger charge is -2.06. The Morgan fingerprint density at radius 2 is 2.31 bits per heavy atom. The van der Waals surface area contributed by atoms with Crippen LogP contribution >= 0.6 is 32.9 Å². The predicted octanol–water partition coefficient (Wildman–Crippen LogP) is 3.21. The summed E-state index contributed by atoms with van der Waals surface area (Å²) in [4.78, 5) is 4.02. The molecule has 0 fully saturated rings. The SMILES string of the molecule is Br.C=Cc1cnc(C)c(O)c1CBr. The molecule has 13 heavy (non-hydrogen) atoms. The van der Waals surface area contributed by atoms with Crippen molar-refractivity contribution in [2.75, 3.05) is 0 Å². The second-order valence-corrected chi connectivity index (χ2v) is 3.02. The quantitative estimate of drug-likeness (QED) is 0.851. The van der Waals surface area contributed by atoms with Crippen molar-refractivity contribution < 1.29 is 5.11 Å². The standard InChI is InChI=1S/C9H10BrNO.BrH/c1-3-7-5-11-6(2)9(12)8(7)4-10;/h3,5,12H,1,4H2,2H3;1H. The van der Waals surface area contributed by atoms with Crippen LogP contribution in [0.5, 0.6) is 5.75 Å². The van der Waals surface area contributed by atoms with E-state index in [0.717, 1.165) is 11.1 Å². The van der Waals surface area contributed by atoms with Crippen LogP contribution in [0.1, 0.15) is 16.8 Å². The predicted molar refractivity (Wildman–Crippen MR) is 63.7 cm³/mol. The molecule has 0 aliphatic heterocycles. The Bertz CT molecular complexity index is 313. The Kier molecular flexibility index (Phi) is 5.25. The van der Waals surface area contributed by atoms with Crippen molar-refractivity contribution >= 4 is 39.0 Å². The summed E-state index contributed by atoms with van der Waals surface area (Å²) in [6.07, 6.45) is 3.39. The molecule has 1 aromatic rings. The van der Waals surface area contributed by atoms with E-state index < -0.39 is 0 Å². The molecule has 0 aromatic carbocycles. The molecule has 1 aromatic heterocycles. The van der Waals surface area contributed by atoms with Crippen LogP contribution in [0.3, 0.4) is 0 Å². The molecule has 1 N–H and O–H groups in total. The monoisotopic (exact) mass is 307 g/mol. The van der Waals surface area contributed by atoms with Crippen molar-refractivity contribution in [3.63, 3.8) is 0 Å². The minimum atomic E-state index is 0. The Labute approximate surface area is 96.6 Å². The summed E-state index contributed by atoms with van der Waals surface area (Å²) < 4.78 is 0. The molecular weight excluding hydrogens is 298 g/mol. The van der Waals surface area contributed by atoms with E-state index in [0.29, 0.717) is 11.0 Å². The number of rotatable bonds is 2. The summed E-state index contributed by atoms with van der Waals surface area (Å²) in [5, 5.41) is 10.2.